The van der Waals surface area contributed by atoms with Crippen LogP contribution in [0.25, 0.3) is 11.0 Å². The number of thioether (sulfide) groups is 1. The SMILES string of the molecule is Cc1c[nH]c2nccc(N3C=C(C(=O)N[C@H]4c5ccccc5C[C@@H]4[Si])SCC3)c12. The summed E-state index contributed by atoms with van der Waals surface area (Å²) >= 11 is 1.62. The van der Waals surface area contributed by atoms with Gasteiger partial charge in [0, 0.05) is 46.5 Å². The van der Waals surface area contributed by atoms with Gasteiger partial charge in [0.05, 0.1) is 16.6 Å². The smallest absolute Gasteiger partial charge is 0.259 e. The van der Waals surface area contributed by atoms with Crippen molar-refractivity contribution in [3.05, 3.63) is 70.5 Å². The van der Waals surface area contributed by atoms with Crippen LogP contribution in [0.3, 0.4) is 0 Å². The van der Waals surface area contributed by atoms with Gasteiger partial charge in [-0.05, 0) is 41.6 Å². The second kappa shape index (κ2) is 7.39. The maximum atomic E-state index is 13.1. The number of fused-ring (bicyclic) bond motifs is 2. The molecule has 2 atom stereocenters. The Balaban J connectivity index is 1.42. The summed E-state index contributed by atoms with van der Waals surface area (Å²) < 4.78 is 0. The third kappa shape index (κ3) is 3.28. The van der Waals surface area contributed by atoms with E-state index in [0.29, 0.717) is 0 Å². The molecule has 5 rings (SSSR count). The van der Waals surface area contributed by atoms with Gasteiger partial charge in [0.1, 0.15) is 5.65 Å². The molecule has 3 radical (unpaired) electrons. The van der Waals surface area contributed by atoms with E-state index < -0.39 is 0 Å². The molecule has 3 aromatic rings. The number of carbonyl (C=O) groups excluding carboxylic acids is 1. The summed E-state index contributed by atoms with van der Waals surface area (Å²) in [6, 6.07) is 10.3. The minimum atomic E-state index is -0.0132. The number of hydrogen-bond acceptors (Lipinski definition) is 4. The van der Waals surface area contributed by atoms with Crippen LogP contribution >= 0.6 is 11.8 Å². The molecule has 0 saturated carbocycles. The summed E-state index contributed by atoms with van der Waals surface area (Å²) in [6.45, 7) is 2.94. The zero-order valence-corrected chi connectivity index (χ0v) is 17.9. The van der Waals surface area contributed by atoms with Crippen molar-refractivity contribution in [3.8, 4) is 0 Å². The molecule has 3 heterocycles. The summed E-state index contributed by atoms with van der Waals surface area (Å²) in [6.07, 6.45) is 6.70. The predicted molar refractivity (Wildman–Crippen MR) is 119 cm³/mol. The standard InChI is InChI=1S/C22H21N4OSSi/c1-13-11-24-21-19(13)16(6-7-23-21)26-8-9-28-17(12-26)22(27)25-20-15-5-3-2-4-14(15)10-18(20)29/h2-7,11-12,18,20H,8-10H2,1H3,(H,23,24)(H,25,27)/t18-,20-/m0/s1. The van der Waals surface area contributed by atoms with Crippen molar-refractivity contribution >= 4 is 44.6 Å². The van der Waals surface area contributed by atoms with E-state index in [-0.39, 0.29) is 17.5 Å². The van der Waals surface area contributed by atoms with Crippen molar-refractivity contribution in [2.45, 2.75) is 24.9 Å². The number of aromatic amines is 1. The van der Waals surface area contributed by atoms with E-state index in [1.54, 1.807) is 11.8 Å². The van der Waals surface area contributed by atoms with Crippen molar-refractivity contribution in [3.63, 3.8) is 0 Å². The molecule has 0 unspecified atom stereocenters. The molecule has 1 aromatic carbocycles. The molecule has 1 amide bonds. The second-order valence-electron chi connectivity index (χ2n) is 7.52. The Morgan fingerprint density at radius 1 is 1.34 bits per heavy atom. The lowest BCUT2D eigenvalue weighted by Crippen LogP contribution is -2.33. The Kier molecular flexibility index (Phi) is 4.71. The lowest BCUT2D eigenvalue weighted by Gasteiger charge is -2.28. The van der Waals surface area contributed by atoms with Gasteiger partial charge in [-0.1, -0.05) is 24.3 Å². The molecule has 29 heavy (non-hydrogen) atoms. The molecular weight excluding hydrogens is 396 g/mol. The number of H-pyrrole nitrogens is 1. The number of hydrogen-bond donors (Lipinski definition) is 2. The number of aromatic nitrogens is 2. The summed E-state index contributed by atoms with van der Waals surface area (Å²) in [7, 11) is 3.81. The number of benzene rings is 1. The minimum Gasteiger partial charge on any atom is -0.346 e. The average molecular weight is 418 g/mol. The van der Waals surface area contributed by atoms with Crippen LogP contribution in [-0.4, -0.2) is 38.4 Å². The first-order valence-corrected chi connectivity index (χ1v) is 11.3. The maximum absolute atomic E-state index is 13.1. The Hall–Kier alpha value is -2.51. The highest BCUT2D eigenvalue weighted by Crippen LogP contribution is 2.39. The van der Waals surface area contributed by atoms with Crippen LogP contribution in [0.1, 0.15) is 22.7 Å². The minimum absolute atomic E-state index is 0.00760. The summed E-state index contributed by atoms with van der Waals surface area (Å²) in [5.41, 5.74) is 5.84. The van der Waals surface area contributed by atoms with Crippen molar-refractivity contribution in [2.75, 3.05) is 17.2 Å². The Morgan fingerprint density at radius 2 is 2.21 bits per heavy atom. The number of aryl methyl sites for hydroxylation is 1. The quantitative estimate of drug-likeness (QED) is 0.639. The fourth-order valence-electron chi connectivity index (χ4n) is 4.24. The largest absolute Gasteiger partial charge is 0.346 e. The zero-order chi connectivity index (χ0) is 20.0. The van der Waals surface area contributed by atoms with Crippen LogP contribution in [0.4, 0.5) is 5.69 Å². The van der Waals surface area contributed by atoms with E-state index in [1.165, 1.54) is 11.1 Å². The van der Waals surface area contributed by atoms with Crippen molar-refractivity contribution in [1.29, 1.82) is 0 Å². The van der Waals surface area contributed by atoms with E-state index in [0.717, 1.165) is 45.9 Å². The first-order valence-electron chi connectivity index (χ1n) is 9.75. The van der Waals surface area contributed by atoms with E-state index in [1.807, 2.05) is 30.7 Å². The topological polar surface area (TPSA) is 61.0 Å². The Morgan fingerprint density at radius 3 is 3.10 bits per heavy atom. The molecule has 2 aliphatic rings. The van der Waals surface area contributed by atoms with Gasteiger partial charge in [0.2, 0.25) is 0 Å². The van der Waals surface area contributed by atoms with Gasteiger partial charge in [-0.15, -0.1) is 11.8 Å². The maximum Gasteiger partial charge on any atom is 0.259 e. The number of pyridine rings is 1. The molecule has 145 valence electrons. The lowest BCUT2D eigenvalue weighted by molar-refractivity contribution is -0.117. The molecule has 1 aliphatic carbocycles. The van der Waals surface area contributed by atoms with Gasteiger partial charge in [-0.25, -0.2) is 4.98 Å². The van der Waals surface area contributed by atoms with Gasteiger partial charge >= 0.3 is 0 Å². The van der Waals surface area contributed by atoms with E-state index in [2.05, 4.69) is 55.5 Å². The molecule has 0 spiro atoms. The van der Waals surface area contributed by atoms with Crippen LogP contribution in [0, 0.1) is 6.92 Å². The number of rotatable bonds is 3. The fraction of sp³-hybridized carbons (Fsp3) is 0.273. The predicted octanol–water partition coefficient (Wildman–Crippen LogP) is 3.64. The number of amides is 1. The number of anilines is 1. The molecule has 2 N–H and O–H groups in total. The van der Waals surface area contributed by atoms with Crippen LogP contribution < -0.4 is 10.2 Å². The summed E-state index contributed by atoms with van der Waals surface area (Å²) in [5, 5.41) is 4.36. The molecule has 0 fully saturated rings. The van der Waals surface area contributed by atoms with Gasteiger partial charge in [0.25, 0.3) is 5.91 Å². The van der Waals surface area contributed by atoms with E-state index >= 15 is 0 Å². The summed E-state index contributed by atoms with van der Waals surface area (Å²) in [5.74, 6) is 0.853. The highest BCUT2D eigenvalue weighted by Gasteiger charge is 2.31. The highest BCUT2D eigenvalue weighted by atomic mass is 32.2. The van der Waals surface area contributed by atoms with Crippen LogP contribution in [0.2, 0.25) is 5.54 Å². The number of carbonyl (C=O) groups is 1. The van der Waals surface area contributed by atoms with E-state index in [9.17, 15) is 4.79 Å². The Bertz CT molecular complexity index is 1120. The monoisotopic (exact) mass is 417 g/mol. The van der Waals surface area contributed by atoms with Crippen LogP contribution in [-0.2, 0) is 11.2 Å². The zero-order valence-electron chi connectivity index (χ0n) is 16.1. The molecular formula is C22H21N4OSSi. The van der Waals surface area contributed by atoms with Gasteiger partial charge in [0.15, 0.2) is 0 Å². The number of nitrogens with one attached hydrogen (secondary N) is 2. The molecule has 0 saturated heterocycles. The molecule has 1 aliphatic heterocycles. The molecule has 2 aromatic heterocycles. The van der Waals surface area contributed by atoms with Gasteiger partial charge in [-0.3, -0.25) is 4.79 Å². The highest BCUT2D eigenvalue weighted by molar-refractivity contribution is 8.04. The third-order valence-corrected chi connectivity index (χ3v) is 7.19. The van der Waals surface area contributed by atoms with Gasteiger partial charge in [-0.2, -0.15) is 0 Å². The van der Waals surface area contributed by atoms with Gasteiger partial charge < -0.3 is 15.2 Å². The first-order chi connectivity index (χ1) is 14.1. The fourth-order valence-corrected chi connectivity index (χ4v) is 5.62. The normalized spacial score (nSPS) is 21.2. The van der Waals surface area contributed by atoms with Crippen LogP contribution in [0.5, 0.6) is 0 Å². The summed E-state index contributed by atoms with van der Waals surface area (Å²) in [4.78, 5) is 23.7. The molecule has 0 bridgehead atoms. The first kappa shape index (κ1) is 18.5. The third-order valence-electron chi connectivity index (χ3n) is 5.66. The molecule has 5 nitrogen and oxygen atoms in total. The molecule has 7 heteroatoms. The Labute approximate surface area is 177 Å². The number of nitrogens with zero attached hydrogens (tertiary/aromatic N) is 2. The van der Waals surface area contributed by atoms with Crippen molar-refractivity contribution < 1.29 is 4.79 Å². The average Bonchev–Trinajstić information content (AvgIpc) is 3.28. The van der Waals surface area contributed by atoms with Crippen LogP contribution in [0.15, 0.2) is 53.8 Å². The van der Waals surface area contributed by atoms with E-state index in [4.69, 9.17) is 0 Å². The van der Waals surface area contributed by atoms with Crippen molar-refractivity contribution in [1.82, 2.24) is 15.3 Å². The lowest BCUT2D eigenvalue weighted by atomic mass is 10.1. The second-order valence-corrected chi connectivity index (χ2v) is 9.40. The van der Waals surface area contributed by atoms with Crippen molar-refractivity contribution in [2.24, 2.45) is 0 Å².